The van der Waals surface area contributed by atoms with Crippen molar-refractivity contribution in [2.45, 2.75) is 58.4 Å². The summed E-state index contributed by atoms with van der Waals surface area (Å²) in [4.78, 5) is 36.3. The summed E-state index contributed by atoms with van der Waals surface area (Å²) in [7, 11) is 0. The molecule has 0 heterocycles. The lowest BCUT2D eigenvalue weighted by molar-refractivity contribution is -0.138. The Labute approximate surface area is 160 Å². The average molecular weight is 368 g/mol. The van der Waals surface area contributed by atoms with E-state index < -0.39 is 11.8 Å². The van der Waals surface area contributed by atoms with E-state index in [9.17, 15) is 14.4 Å². The van der Waals surface area contributed by atoms with Crippen molar-refractivity contribution in [1.82, 2.24) is 5.32 Å². The van der Waals surface area contributed by atoms with E-state index in [4.69, 9.17) is 0 Å². The van der Waals surface area contributed by atoms with Crippen molar-refractivity contribution in [3.63, 3.8) is 0 Å². The number of nitrogens with one attached hydrogen (secondary N) is 2. The minimum absolute atomic E-state index is 0.00713. The SMILES string of the molecule is CC(=O)c1cccc(NC(=O)C(=O)NC(C)C23CC4CC(CC(C4)C2)C3)c1. The van der Waals surface area contributed by atoms with Crippen LogP contribution in [0.4, 0.5) is 5.69 Å². The van der Waals surface area contributed by atoms with Crippen LogP contribution in [0, 0.1) is 23.2 Å². The van der Waals surface area contributed by atoms with Crippen molar-refractivity contribution < 1.29 is 14.4 Å². The Morgan fingerprint density at radius 3 is 2.15 bits per heavy atom. The second-order valence-electron chi connectivity index (χ2n) is 9.07. The third kappa shape index (κ3) is 3.52. The van der Waals surface area contributed by atoms with Gasteiger partial charge >= 0.3 is 11.8 Å². The van der Waals surface area contributed by atoms with Gasteiger partial charge in [-0.15, -0.1) is 0 Å². The zero-order valence-corrected chi connectivity index (χ0v) is 16.1. The molecule has 0 aromatic heterocycles. The van der Waals surface area contributed by atoms with Crippen LogP contribution in [0.3, 0.4) is 0 Å². The molecule has 4 saturated carbocycles. The van der Waals surface area contributed by atoms with Gasteiger partial charge in [-0.3, -0.25) is 14.4 Å². The average Bonchev–Trinajstić information content (AvgIpc) is 2.60. The van der Waals surface area contributed by atoms with Crippen molar-refractivity contribution in [1.29, 1.82) is 0 Å². The van der Waals surface area contributed by atoms with Gasteiger partial charge in [0.15, 0.2) is 5.78 Å². The molecule has 0 aliphatic heterocycles. The van der Waals surface area contributed by atoms with Gasteiger partial charge in [0.1, 0.15) is 0 Å². The molecule has 1 atom stereocenters. The van der Waals surface area contributed by atoms with E-state index in [1.54, 1.807) is 24.3 Å². The fourth-order valence-corrected chi connectivity index (χ4v) is 6.13. The first-order valence-corrected chi connectivity index (χ1v) is 10.1. The highest BCUT2D eigenvalue weighted by Gasteiger charge is 2.53. The Kier molecular flexibility index (Phi) is 4.57. The van der Waals surface area contributed by atoms with Crippen LogP contribution in [0.15, 0.2) is 24.3 Å². The van der Waals surface area contributed by atoms with Crippen LogP contribution in [0.1, 0.15) is 62.7 Å². The van der Waals surface area contributed by atoms with Crippen molar-refractivity contribution in [2.24, 2.45) is 23.2 Å². The van der Waals surface area contributed by atoms with Gasteiger partial charge in [0.05, 0.1) is 0 Å². The summed E-state index contributed by atoms with van der Waals surface area (Å²) in [6.07, 6.45) is 7.61. The van der Waals surface area contributed by atoms with Gasteiger partial charge in [0, 0.05) is 17.3 Å². The zero-order valence-electron chi connectivity index (χ0n) is 16.1. The van der Waals surface area contributed by atoms with E-state index in [1.165, 1.54) is 45.4 Å². The van der Waals surface area contributed by atoms with Gasteiger partial charge in [-0.1, -0.05) is 12.1 Å². The van der Waals surface area contributed by atoms with Crippen LogP contribution < -0.4 is 10.6 Å². The minimum Gasteiger partial charge on any atom is -0.345 e. The van der Waals surface area contributed by atoms with E-state index in [0.717, 1.165) is 17.8 Å². The molecular weight excluding hydrogens is 340 g/mol. The minimum atomic E-state index is -0.674. The number of carbonyl (C=O) groups excluding carboxylic acids is 3. The molecule has 0 radical (unpaired) electrons. The molecule has 4 aliphatic rings. The maximum absolute atomic E-state index is 12.5. The number of ketones is 1. The molecular formula is C22H28N2O3. The fraction of sp³-hybridized carbons (Fsp3) is 0.591. The number of rotatable bonds is 4. The second-order valence-corrected chi connectivity index (χ2v) is 9.07. The van der Waals surface area contributed by atoms with E-state index in [-0.39, 0.29) is 17.2 Å². The van der Waals surface area contributed by atoms with E-state index in [0.29, 0.717) is 11.3 Å². The Balaban J connectivity index is 1.39. The third-order valence-corrected chi connectivity index (χ3v) is 7.08. The molecule has 5 nitrogen and oxygen atoms in total. The summed E-state index contributed by atoms with van der Waals surface area (Å²) in [5.41, 5.74) is 1.14. The van der Waals surface area contributed by atoms with Gasteiger partial charge in [-0.25, -0.2) is 0 Å². The smallest absolute Gasteiger partial charge is 0.313 e. The Morgan fingerprint density at radius 2 is 1.59 bits per heavy atom. The Bertz CT molecular complexity index is 750. The maximum Gasteiger partial charge on any atom is 0.313 e. The summed E-state index contributed by atoms with van der Waals surface area (Å²) in [5, 5.41) is 5.59. The quantitative estimate of drug-likeness (QED) is 0.630. The molecule has 2 amide bonds. The molecule has 144 valence electrons. The molecule has 1 aromatic rings. The first kappa shape index (κ1) is 18.2. The normalized spacial score (nSPS) is 32.0. The summed E-state index contributed by atoms with van der Waals surface area (Å²) in [5.74, 6) is 1.07. The summed E-state index contributed by atoms with van der Waals surface area (Å²) in [6, 6.07) is 6.67. The number of hydrogen-bond acceptors (Lipinski definition) is 3. The number of hydrogen-bond donors (Lipinski definition) is 2. The molecule has 2 N–H and O–H groups in total. The van der Waals surface area contributed by atoms with Crippen LogP contribution in [0.5, 0.6) is 0 Å². The van der Waals surface area contributed by atoms with Crippen LogP contribution in [0.2, 0.25) is 0 Å². The number of benzene rings is 1. The molecule has 1 aromatic carbocycles. The molecule has 1 unspecified atom stereocenters. The standard InChI is InChI=1S/C22H28N2O3/c1-13(25)18-4-3-5-19(9-18)24-21(27)20(26)23-14(2)22-10-15-6-16(11-22)8-17(7-15)12-22/h3-5,9,14-17H,6-8,10-12H2,1-2H3,(H,23,26)(H,24,27). The molecule has 4 aliphatic carbocycles. The van der Waals surface area contributed by atoms with E-state index in [1.807, 2.05) is 0 Å². The van der Waals surface area contributed by atoms with E-state index in [2.05, 4.69) is 17.6 Å². The Morgan fingerprint density at radius 1 is 1.00 bits per heavy atom. The molecule has 5 heteroatoms. The van der Waals surface area contributed by atoms with Crippen LogP contribution in [0.25, 0.3) is 0 Å². The second kappa shape index (κ2) is 6.77. The number of anilines is 1. The molecule has 0 spiro atoms. The van der Waals surface area contributed by atoms with Gasteiger partial charge in [0.25, 0.3) is 0 Å². The highest BCUT2D eigenvalue weighted by molar-refractivity contribution is 6.39. The molecule has 27 heavy (non-hydrogen) atoms. The lowest BCUT2D eigenvalue weighted by Crippen LogP contribution is -2.57. The van der Waals surface area contributed by atoms with Crippen LogP contribution in [-0.2, 0) is 9.59 Å². The van der Waals surface area contributed by atoms with Crippen molar-refractivity contribution in [2.75, 3.05) is 5.32 Å². The first-order valence-electron chi connectivity index (χ1n) is 10.1. The highest BCUT2D eigenvalue weighted by atomic mass is 16.2. The van der Waals surface area contributed by atoms with Crippen LogP contribution >= 0.6 is 0 Å². The monoisotopic (exact) mass is 368 g/mol. The van der Waals surface area contributed by atoms with E-state index >= 15 is 0 Å². The van der Waals surface area contributed by atoms with Crippen molar-refractivity contribution in [3.8, 4) is 0 Å². The van der Waals surface area contributed by atoms with Gasteiger partial charge in [-0.05, 0) is 87.7 Å². The zero-order chi connectivity index (χ0) is 19.2. The molecule has 4 bridgehead atoms. The lowest BCUT2D eigenvalue weighted by Gasteiger charge is -2.59. The lowest BCUT2D eigenvalue weighted by atomic mass is 9.48. The first-order chi connectivity index (χ1) is 12.8. The summed E-state index contributed by atoms with van der Waals surface area (Å²) in [6.45, 7) is 3.54. The highest BCUT2D eigenvalue weighted by Crippen LogP contribution is 2.61. The van der Waals surface area contributed by atoms with Gasteiger partial charge < -0.3 is 10.6 Å². The predicted octanol–water partition coefficient (Wildman–Crippen LogP) is 3.55. The van der Waals surface area contributed by atoms with Gasteiger partial charge in [0.2, 0.25) is 0 Å². The Hall–Kier alpha value is -2.17. The number of carbonyl (C=O) groups is 3. The summed E-state index contributed by atoms with van der Waals surface area (Å²) >= 11 is 0. The van der Waals surface area contributed by atoms with Crippen LogP contribution in [-0.4, -0.2) is 23.6 Å². The van der Waals surface area contributed by atoms with Gasteiger partial charge in [-0.2, -0.15) is 0 Å². The molecule has 5 rings (SSSR count). The predicted molar refractivity (Wildman–Crippen MR) is 103 cm³/mol. The maximum atomic E-state index is 12.5. The number of amides is 2. The molecule has 0 saturated heterocycles. The van der Waals surface area contributed by atoms with Crippen molar-refractivity contribution >= 4 is 23.3 Å². The number of Topliss-reactive ketones (excluding diaryl/α,β-unsaturated/α-hetero) is 1. The largest absolute Gasteiger partial charge is 0.345 e. The third-order valence-electron chi connectivity index (χ3n) is 7.08. The topological polar surface area (TPSA) is 75.3 Å². The fourth-order valence-electron chi connectivity index (χ4n) is 6.13. The summed E-state index contributed by atoms with van der Waals surface area (Å²) < 4.78 is 0. The van der Waals surface area contributed by atoms with Crippen molar-refractivity contribution in [3.05, 3.63) is 29.8 Å². The molecule has 4 fully saturated rings.